The zero-order chi connectivity index (χ0) is 21.2. The quantitative estimate of drug-likeness (QED) is 0.747. The number of sulfonamides is 1. The van der Waals surface area contributed by atoms with Crippen LogP contribution in [-0.4, -0.2) is 33.2 Å². The van der Waals surface area contributed by atoms with E-state index in [0.29, 0.717) is 22.4 Å². The first-order chi connectivity index (χ1) is 13.6. The molecule has 0 spiro atoms. The summed E-state index contributed by atoms with van der Waals surface area (Å²) >= 11 is 6.02. The SMILES string of the molecule is CC(C)CC(NC(=O)C1CN(S(C)(=O)=O)c2cc(Cl)ccc2O1)c1ccccc1. The third kappa shape index (κ3) is 5.22. The molecular weight excluding hydrogens is 412 g/mol. The number of nitrogens with zero attached hydrogens (tertiary/aromatic N) is 1. The topological polar surface area (TPSA) is 75.7 Å². The highest BCUT2D eigenvalue weighted by Gasteiger charge is 2.36. The van der Waals surface area contributed by atoms with Crippen LogP contribution in [0.2, 0.25) is 5.02 Å². The van der Waals surface area contributed by atoms with Crippen LogP contribution in [0.5, 0.6) is 5.75 Å². The molecule has 2 aromatic carbocycles. The van der Waals surface area contributed by atoms with Crippen LogP contribution in [0.25, 0.3) is 0 Å². The Bertz CT molecular complexity index is 979. The van der Waals surface area contributed by atoms with E-state index in [2.05, 4.69) is 19.2 Å². The lowest BCUT2D eigenvalue weighted by Crippen LogP contribution is -2.51. The van der Waals surface area contributed by atoms with Gasteiger partial charge in [-0.25, -0.2) is 8.42 Å². The Balaban J connectivity index is 1.86. The standard InChI is InChI=1S/C21H25ClN2O4S/c1-14(2)11-17(15-7-5-4-6-8-15)23-21(25)20-13-24(29(3,26)27)18-12-16(22)9-10-19(18)28-20/h4-10,12,14,17,20H,11,13H2,1-3H3,(H,23,25). The Morgan fingerprint density at radius 1 is 1.24 bits per heavy atom. The van der Waals surface area contributed by atoms with Crippen LogP contribution < -0.4 is 14.4 Å². The minimum Gasteiger partial charge on any atom is -0.476 e. The molecule has 0 aromatic heterocycles. The second-order valence-electron chi connectivity index (χ2n) is 7.61. The first-order valence-corrected chi connectivity index (χ1v) is 11.7. The zero-order valence-electron chi connectivity index (χ0n) is 16.6. The number of hydrogen-bond acceptors (Lipinski definition) is 4. The summed E-state index contributed by atoms with van der Waals surface area (Å²) in [6.45, 7) is 4.07. The molecule has 6 nitrogen and oxygen atoms in total. The van der Waals surface area contributed by atoms with E-state index in [9.17, 15) is 13.2 Å². The molecule has 2 unspecified atom stereocenters. The van der Waals surface area contributed by atoms with Crippen LogP contribution in [0.3, 0.4) is 0 Å². The molecule has 0 fully saturated rings. The molecular formula is C21H25ClN2O4S. The Morgan fingerprint density at radius 2 is 1.93 bits per heavy atom. The van der Waals surface area contributed by atoms with Gasteiger partial charge in [-0.2, -0.15) is 0 Å². The summed E-state index contributed by atoms with van der Waals surface area (Å²) in [4.78, 5) is 13.0. The molecule has 1 N–H and O–H groups in total. The molecule has 0 aliphatic carbocycles. The number of fused-ring (bicyclic) bond motifs is 1. The maximum atomic E-state index is 13.0. The molecule has 1 aliphatic rings. The summed E-state index contributed by atoms with van der Waals surface area (Å²) in [7, 11) is -3.61. The molecule has 2 aromatic rings. The van der Waals surface area contributed by atoms with E-state index in [4.69, 9.17) is 16.3 Å². The van der Waals surface area contributed by atoms with Crippen molar-refractivity contribution in [2.45, 2.75) is 32.4 Å². The molecule has 1 heterocycles. The predicted molar refractivity (Wildman–Crippen MR) is 115 cm³/mol. The fraction of sp³-hybridized carbons (Fsp3) is 0.381. The van der Waals surface area contributed by atoms with Gasteiger partial charge < -0.3 is 10.1 Å². The summed E-state index contributed by atoms with van der Waals surface area (Å²) in [6, 6.07) is 14.2. The van der Waals surface area contributed by atoms with Gasteiger partial charge in [0.05, 0.1) is 24.5 Å². The van der Waals surface area contributed by atoms with E-state index in [1.54, 1.807) is 12.1 Å². The van der Waals surface area contributed by atoms with Crippen molar-refractivity contribution in [2.75, 3.05) is 17.1 Å². The summed E-state index contributed by atoms with van der Waals surface area (Å²) in [5.74, 6) is 0.322. The van der Waals surface area contributed by atoms with Gasteiger partial charge in [-0.15, -0.1) is 0 Å². The number of halogens is 1. The lowest BCUT2D eigenvalue weighted by Gasteiger charge is -2.35. The lowest BCUT2D eigenvalue weighted by atomic mass is 9.96. The molecule has 1 aliphatic heterocycles. The average molecular weight is 437 g/mol. The van der Waals surface area contributed by atoms with E-state index >= 15 is 0 Å². The fourth-order valence-corrected chi connectivity index (χ4v) is 4.45. The highest BCUT2D eigenvalue weighted by Crippen LogP contribution is 2.37. The second kappa shape index (κ2) is 8.63. The number of amides is 1. The van der Waals surface area contributed by atoms with Gasteiger partial charge in [0.25, 0.3) is 5.91 Å². The molecule has 1 amide bonds. The monoisotopic (exact) mass is 436 g/mol. The largest absolute Gasteiger partial charge is 0.476 e. The predicted octanol–water partition coefficient (Wildman–Crippen LogP) is 3.77. The maximum absolute atomic E-state index is 13.0. The van der Waals surface area contributed by atoms with E-state index in [1.165, 1.54) is 10.4 Å². The third-order valence-electron chi connectivity index (χ3n) is 4.71. The number of hydrogen-bond donors (Lipinski definition) is 1. The molecule has 29 heavy (non-hydrogen) atoms. The van der Waals surface area contributed by atoms with Gasteiger partial charge in [-0.3, -0.25) is 9.10 Å². The number of benzene rings is 2. The van der Waals surface area contributed by atoms with Gasteiger partial charge in [0.1, 0.15) is 5.75 Å². The van der Waals surface area contributed by atoms with E-state index in [1.807, 2.05) is 30.3 Å². The number of carbonyl (C=O) groups is 1. The van der Waals surface area contributed by atoms with Crippen molar-refractivity contribution in [1.82, 2.24) is 5.32 Å². The van der Waals surface area contributed by atoms with E-state index in [0.717, 1.165) is 18.2 Å². The molecule has 0 saturated heterocycles. The van der Waals surface area contributed by atoms with E-state index < -0.39 is 16.1 Å². The molecule has 3 rings (SSSR count). The van der Waals surface area contributed by atoms with Crippen LogP contribution in [0.4, 0.5) is 5.69 Å². The van der Waals surface area contributed by atoms with E-state index in [-0.39, 0.29) is 18.5 Å². The highest BCUT2D eigenvalue weighted by molar-refractivity contribution is 7.92. The van der Waals surface area contributed by atoms with Crippen molar-refractivity contribution >= 4 is 33.2 Å². The van der Waals surface area contributed by atoms with Crippen LogP contribution in [0.15, 0.2) is 48.5 Å². The van der Waals surface area contributed by atoms with Crippen LogP contribution >= 0.6 is 11.6 Å². The minimum absolute atomic E-state index is 0.110. The highest BCUT2D eigenvalue weighted by atomic mass is 35.5. The Hall–Kier alpha value is -2.25. The zero-order valence-corrected chi connectivity index (χ0v) is 18.2. The normalized spacial score (nSPS) is 17.4. The van der Waals surface area contributed by atoms with Crippen molar-refractivity contribution in [3.8, 4) is 5.75 Å². The number of ether oxygens (including phenoxy) is 1. The van der Waals surface area contributed by atoms with Crippen LogP contribution in [0.1, 0.15) is 31.9 Å². The van der Waals surface area contributed by atoms with Crippen molar-refractivity contribution in [1.29, 1.82) is 0 Å². The lowest BCUT2D eigenvalue weighted by molar-refractivity contribution is -0.128. The second-order valence-corrected chi connectivity index (χ2v) is 9.96. The van der Waals surface area contributed by atoms with Gasteiger partial charge in [0.2, 0.25) is 10.0 Å². The molecule has 156 valence electrons. The number of anilines is 1. The van der Waals surface area contributed by atoms with Crippen molar-refractivity contribution in [3.05, 3.63) is 59.1 Å². The molecule has 0 bridgehead atoms. The molecule has 0 radical (unpaired) electrons. The summed E-state index contributed by atoms with van der Waals surface area (Å²) in [5.41, 5.74) is 1.34. The van der Waals surface area contributed by atoms with Crippen molar-refractivity contribution in [2.24, 2.45) is 5.92 Å². The molecule has 8 heteroatoms. The summed E-state index contributed by atoms with van der Waals surface area (Å²) in [6.07, 6.45) is 0.894. The molecule has 0 saturated carbocycles. The third-order valence-corrected chi connectivity index (χ3v) is 6.09. The van der Waals surface area contributed by atoms with Gasteiger partial charge in [0.15, 0.2) is 6.10 Å². The Morgan fingerprint density at radius 3 is 2.55 bits per heavy atom. The maximum Gasteiger partial charge on any atom is 0.263 e. The van der Waals surface area contributed by atoms with Gasteiger partial charge in [-0.05, 0) is 36.1 Å². The average Bonchev–Trinajstić information content (AvgIpc) is 2.66. The summed E-state index contributed by atoms with van der Waals surface area (Å²) < 4.78 is 31.6. The van der Waals surface area contributed by atoms with Crippen LogP contribution in [-0.2, 0) is 14.8 Å². The minimum atomic E-state index is -3.61. The number of rotatable bonds is 6. The first kappa shape index (κ1) is 21.5. The number of carbonyl (C=O) groups excluding carboxylic acids is 1. The fourth-order valence-electron chi connectivity index (χ4n) is 3.37. The van der Waals surface area contributed by atoms with Gasteiger partial charge >= 0.3 is 0 Å². The smallest absolute Gasteiger partial charge is 0.263 e. The van der Waals surface area contributed by atoms with Crippen molar-refractivity contribution in [3.63, 3.8) is 0 Å². The summed E-state index contributed by atoms with van der Waals surface area (Å²) in [5, 5.41) is 3.43. The Labute approximate surface area is 176 Å². The van der Waals surface area contributed by atoms with Crippen LogP contribution in [0, 0.1) is 5.92 Å². The number of nitrogens with one attached hydrogen (secondary N) is 1. The van der Waals surface area contributed by atoms with Gasteiger partial charge in [-0.1, -0.05) is 55.8 Å². The Kier molecular flexibility index (Phi) is 6.39. The van der Waals surface area contributed by atoms with Crippen molar-refractivity contribution < 1.29 is 17.9 Å². The molecule has 2 atom stereocenters. The van der Waals surface area contributed by atoms with Gasteiger partial charge in [0, 0.05) is 5.02 Å². The first-order valence-electron chi connectivity index (χ1n) is 9.44.